The normalized spacial score (nSPS) is 12.3. The van der Waals surface area contributed by atoms with Crippen molar-refractivity contribution in [3.8, 4) is 0 Å². The van der Waals surface area contributed by atoms with Gasteiger partial charge in [-0.15, -0.1) is 0 Å². The summed E-state index contributed by atoms with van der Waals surface area (Å²) < 4.78 is 71.3. The number of hydrogen-bond acceptors (Lipinski definition) is 3. The minimum absolute atomic E-state index is 0.180. The molecule has 3 aromatic carbocycles. The lowest BCUT2D eigenvalue weighted by atomic mass is 9.96. The Labute approximate surface area is 207 Å². The first-order chi connectivity index (χ1) is 16.5. The van der Waals surface area contributed by atoms with Crippen molar-refractivity contribution in [3.63, 3.8) is 0 Å². The first-order valence-electron chi connectivity index (χ1n) is 10.8. The van der Waals surface area contributed by atoms with Crippen LogP contribution in [-0.2, 0) is 21.2 Å². The lowest BCUT2D eigenvalue weighted by Crippen LogP contribution is -2.35. The number of rotatable bonds is 9. The van der Waals surface area contributed by atoms with Crippen LogP contribution < -0.4 is 9.62 Å². The summed E-state index contributed by atoms with van der Waals surface area (Å²) in [5.74, 6) is -2.50. The summed E-state index contributed by atoms with van der Waals surface area (Å²) in [6, 6.07) is 10.6. The lowest BCUT2D eigenvalue weighted by molar-refractivity contribution is -0.120. The molecular weight excluding hydrogens is 501 g/mol. The van der Waals surface area contributed by atoms with E-state index in [2.05, 4.69) is 5.32 Å². The molecular formula is C25H24ClF3N2O3S. The molecule has 0 saturated heterocycles. The van der Waals surface area contributed by atoms with E-state index in [9.17, 15) is 26.4 Å². The minimum Gasteiger partial charge on any atom is -0.359 e. The molecule has 0 saturated carbocycles. The number of anilines is 1. The van der Waals surface area contributed by atoms with Crippen LogP contribution in [0, 0.1) is 17.5 Å². The van der Waals surface area contributed by atoms with E-state index in [0.29, 0.717) is 22.6 Å². The van der Waals surface area contributed by atoms with E-state index in [1.54, 1.807) is 0 Å². The zero-order valence-electron chi connectivity index (χ0n) is 19.1. The Balaban J connectivity index is 2.13. The topological polar surface area (TPSA) is 66.5 Å². The van der Waals surface area contributed by atoms with Gasteiger partial charge in [-0.1, -0.05) is 17.7 Å². The minimum atomic E-state index is -4.41. The van der Waals surface area contributed by atoms with E-state index in [0.717, 1.165) is 22.5 Å². The van der Waals surface area contributed by atoms with Crippen LogP contribution in [0.3, 0.4) is 0 Å². The van der Waals surface area contributed by atoms with Gasteiger partial charge in [0.25, 0.3) is 10.0 Å². The molecule has 35 heavy (non-hydrogen) atoms. The summed E-state index contributed by atoms with van der Waals surface area (Å²) in [5.41, 5.74) is 0.354. The molecule has 1 atom stereocenters. The van der Waals surface area contributed by atoms with Crippen LogP contribution in [0.2, 0.25) is 5.02 Å². The van der Waals surface area contributed by atoms with Gasteiger partial charge in [-0.05, 0) is 79.4 Å². The van der Waals surface area contributed by atoms with Gasteiger partial charge in [0.15, 0.2) is 0 Å². The van der Waals surface area contributed by atoms with Crippen LogP contribution in [0.5, 0.6) is 0 Å². The average Bonchev–Trinajstić information content (AvgIpc) is 2.81. The van der Waals surface area contributed by atoms with Crippen molar-refractivity contribution in [1.29, 1.82) is 0 Å². The standard InChI is InChI=1S/C25H24ClF3N2O3S/c1-16(22-12-8-19(27)14-17(22)4-3-5-25(32)30-2)31(24-15-20(28)9-13-23(24)29)35(33,34)21-10-6-18(26)7-11-21/h6-16H,3-5H2,1-2H3,(H,30,32)/t16-/m1/s1. The van der Waals surface area contributed by atoms with Gasteiger partial charge in [-0.25, -0.2) is 21.6 Å². The predicted molar refractivity (Wildman–Crippen MR) is 129 cm³/mol. The molecule has 0 spiro atoms. The molecule has 5 nitrogen and oxygen atoms in total. The zero-order chi connectivity index (χ0) is 25.8. The SMILES string of the molecule is CNC(=O)CCCc1cc(F)ccc1[C@@H](C)N(c1cc(F)ccc1F)S(=O)(=O)c1ccc(Cl)cc1. The van der Waals surface area contributed by atoms with Crippen LogP contribution >= 0.6 is 11.6 Å². The van der Waals surface area contributed by atoms with Crippen LogP contribution in [0.15, 0.2) is 65.6 Å². The maximum absolute atomic E-state index is 14.9. The highest BCUT2D eigenvalue weighted by Crippen LogP contribution is 2.37. The first-order valence-corrected chi connectivity index (χ1v) is 12.6. The van der Waals surface area contributed by atoms with E-state index in [1.165, 1.54) is 56.4 Å². The first kappa shape index (κ1) is 26.6. The summed E-state index contributed by atoms with van der Waals surface area (Å²) in [7, 11) is -2.91. The maximum Gasteiger partial charge on any atom is 0.264 e. The van der Waals surface area contributed by atoms with Crippen molar-refractivity contribution in [1.82, 2.24) is 5.32 Å². The third-order valence-corrected chi connectivity index (χ3v) is 7.70. The highest BCUT2D eigenvalue weighted by atomic mass is 35.5. The van der Waals surface area contributed by atoms with E-state index in [-0.39, 0.29) is 23.6 Å². The number of carbonyl (C=O) groups is 1. The van der Waals surface area contributed by atoms with E-state index < -0.39 is 39.2 Å². The van der Waals surface area contributed by atoms with Crippen molar-refractivity contribution in [2.24, 2.45) is 0 Å². The van der Waals surface area contributed by atoms with E-state index in [4.69, 9.17) is 11.6 Å². The highest BCUT2D eigenvalue weighted by Gasteiger charge is 2.33. The van der Waals surface area contributed by atoms with Crippen molar-refractivity contribution in [2.45, 2.75) is 37.1 Å². The van der Waals surface area contributed by atoms with Crippen LogP contribution in [0.4, 0.5) is 18.9 Å². The Bertz CT molecular complexity index is 1320. The van der Waals surface area contributed by atoms with Crippen LogP contribution in [0.1, 0.15) is 36.9 Å². The molecule has 0 radical (unpaired) electrons. The van der Waals surface area contributed by atoms with Gasteiger partial charge in [0.2, 0.25) is 5.91 Å². The third-order valence-electron chi connectivity index (χ3n) is 5.55. The Morgan fingerprint density at radius 1 is 1.00 bits per heavy atom. The summed E-state index contributed by atoms with van der Waals surface area (Å²) in [6.07, 6.45) is 0.832. The third kappa shape index (κ3) is 6.15. The number of nitrogens with zero attached hydrogens (tertiary/aromatic N) is 1. The summed E-state index contributed by atoms with van der Waals surface area (Å²) in [4.78, 5) is 11.4. The molecule has 1 N–H and O–H groups in total. The van der Waals surface area contributed by atoms with Crippen LogP contribution in [-0.4, -0.2) is 21.4 Å². The molecule has 0 aromatic heterocycles. The number of aryl methyl sites for hydroxylation is 1. The van der Waals surface area contributed by atoms with Gasteiger partial charge in [-0.3, -0.25) is 9.10 Å². The van der Waals surface area contributed by atoms with Crippen molar-refractivity contribution >= 4 is 33.2 Å². The second-order valence-electron chi connectivity index (χ2n) is 7.90. The van der Waals surface area contributed by atoms with Gasteiger partial charge in [0, 0.05) is 24.6 Å². The maximum atomic E-state index is 14.9. The number of amides is 1. The lowest BCUT2D eigenvalue weighted by Gasteiger charge is -2.32. The molecule has 0 unspecified atom stereocenters. The average molecular weight is 525 g/mol. The van der Waals surface area contributed by atoms with Crippen LogP contribution in [0.25, 0.3) is 0 Å². The molecule has 1 amide bonds. The summed E-state index contributed by atoms with van der Waals surface area (Å²) in [5, 5.41) is 2.81. The van der Waals surface area contributed by atoms with Crippen molar-refractivity contribution in [2.75, 3.05) is 11.4 Å². The Morgan fingerprint density at radius 2 is 1.63 bits per heavy atom. The monoisotopic (exact) mass is 524 g/mol. The molecule has 0 heterocycles. The Kier molecular flexibility index (Phi) is 8.45. The van der Waals surface area contributed by atoms with E-state index >= 15 is 0 Å². The highest BCUT2D eigenvalue weighted by molar-refractivity contribution is 7.92. The number of sulfonamides is 1. The zero-order valence-corrected chi connectivity index (χ0v) is 20.6. The van der Waals surface area contributed by atoms with Gasteiger partial charge < -0.3 is 5.32 Å². The number of halogens is 4. The Hall–Kier alpha value is -3.04. The predicted octanol–water partition coefficient (Wildman–Crippen LogP) is 5.78. The molecule has 3 aromatic rings. The van der Waals surface area contributed by atoms with Gasteiger partial charge in [0.1, 0.15) is 17.5 Å². The number of nitrogens with one attached hydrogen (secondary N) is 1. The van der Waals surface area contributed by atoms with Gasteiger partial charge in [-0.2, -0.15) is 0 Å². The number of carbonyl (C=O) groups excluding carboxylic acids is 1. The molecule has 0 aliphatic carbocycles. The summed E-state index contributed by atoms with van der Waals surface area (Å²) in [6.45, 7) is 1.51. The number of hydrogen-bond donors (Lipinski definition) is 1. The van der Waals surface area contributed by atoms with Crippen molar-refractivity contribution < 1.29 is 26.4 Å². The Morgan fingerprint density at radius 3 is 2.29 bits per heavy atom. The molecule has 0 aliphatic rings. The molecule has 0 bridgehead atoms. The molecule has 0 aliphatic heterocycles. The quantitative estimate of drug-likeness (QED) is 0.386. The number of benzene rings is 3. The summed E-state index contributed by atoms with van der Waals surface area (Å²) >= 11 is 5.90. The molecule has 10 heteroatoms. The molecule has 3 rings (SSSR count). The smallest absolute Gasteiger partial charge is 0.264 e. The van der Waals surface area contributed by atoms with Crippen molar-refractivity contribution in [3.05, 3.63) is 94.3 Å². The fraction of sp³-hybridized carbons (Fsp3) is 0.240. The largest absolute Gasteiger partial charge is 0.359 e. The fourth-order valence-corrected chi connectivity index (χ4v) is 5.57. The van der Waals surface area contributed by atoms with Gasteiger partial charge in [0.05, 0.1) is 16.6 Å². The molecule has 0 fully saturated rings. The van der Waals surface area contributed by atoms with E-state index in [1.807, 2.05) is 0 Å². The fourth-order valence-electron chi connectivity index (χ4n) is 3.81. The van der Waals surface area contributed by atoms with Gasteiger partial charge >= 0.3 is 0 Å². The second kappa shape index (κ2) is 11.1. The molecule has 186 valence electrons. The second-order valence-corrected chi connectivity index (χ2v) is 10.1.